The molecule has 2 amide bonds. The Kier molecular flexibility index (Phi) is 6.46. The molecule has 1 saturated heterocycles. The number of anilines is 1. The monoisotopic (exact) mass is 549 g/mol. The molecule has 4 aromatic rings. The molecule has 34 heavy (non-hydrogen) atoms. The number of benzene rings is 4. The lowest BCUT2D eigenvalue weighted by atomic mass is 10.1. The number of thioether (sulfide) groups is 1. The van der Waals surface area contributed by atoms with E-state index in [0.717, 1.165) is 32.1 Å². The Hall–Kier alpha value is -3.06. The molecular weight excluding hydrogens is 534 g/mol. The van der Waals surface area contributed by atoms with Crippen molar-refractivity contribution in [2.45, 2.75) is 6.61 Å². The second kappa shape index (κ2) is 9.66. The van der Waals surface area contributed by atoms with Crippen molar-refractivity contribution >= 4 is 73.0 Å². The first kappa shape index (κ1) is 22.7. The van der Waals surface area contributed by atoms with Crippen LogP contribution in [0.5, 0.6) is 5.75 Å². The lowest BCUT2D eigenvalue weighted by Gasteiger charge is -2.13. The Balaban J connectivity index is 1.41. The first-order valence-corrected chi connectivity index (χ1v) is 12.4. The molecule has 168 valence electrons. The van der Waals surface area contributed by atoms with Crippen LogP contribution in [0.25, 0.3) is 16.8 Å². The lowest BCUT2D eigenvalue weighted by molar-refractivity contribution is -0.113. The molecule has 5 rings (SSSR count). The summed E-state index contributed by atoms with van der Waals surface area (Å²) >= 11 is 10.4. The van der Waals surface area contributed by atoms with Gasteiger partial charge in [-0.1, -0.05) is 70.0 Å². The predicted molar refractivity (Wildman–Crippen MR) is 142 cm³/mol. The summed E-state index contributed by atoms with van der Waals surface area (Å²) in [4.78, 5) is 27.1. The van der Waals surface area contributed by atoms with Gasteiger partial charge < -0.3 is 4.74 Å². The van der Waals surface area contributed by atoms with Crippen LogP contribution in [0.1, 0.15) is 11.1 Å². The van der Waals surface area contributed by atoms with E-state index >= 15 is 0 Å². The molecule has 0 aromatic heterocycles. The van der Waals surface area contributed by atoms with Gasteiger partial charge in [-0.2, -0.15) is 0 Å². The zero-order valence-electron chi connectivity index (χ0n) is 17.7. The topological polar surface area (TPSA) is 46.6 Å². The van der Waals surface area contributed by atoms with Gasteiger partial charge in [-0.15, -0.1) is 0 Å². The Morgan fingerprint density at radius 1 is 0.912 bits per heavy atom. The molecule has 0 unspecified atom stereocenters. The van der Waals surface area contributed by atoms with Crippen LogP contribution in [0.2, 0.25) is 5.02 Å². The number of carbonyl (C=O) groups excluding carboxylic acids is 2. The molecule has 7 heteroatoms. The van der Waals surface area contributed by atoms with Crippen molar-refractivity contribution in [3.8, 4) is 5.75 Å². The number of ether oxygens (including phenoxy) is 1. The summed E-state index contributed by atoms with van der Waals surface area (Å²) in [6.07, 6.45) is 1.69. The largest absolute Gasteiger partial charge is 0.488 e. The summed E-state index contributed by atoms with van der Waals surface area (Å²) in [5.74, 6) is 0.226. The van der Waals surface area contributed by atoms with Crippen LogP contribution in [0, 0.1) is 0 Å². The van der Waals surface area contributed by atoms with Crippen LogP contribution in [0.4, 0.5) is 10.5 Å². The summed E-state index contributed by atoms with van der Waals surface area (Å²) in [6, 6.07) is 26.6. The number of rotatable bonds is 5. The average molecular weight is 551 g/mol. The highest BCUT2D eigenvalue weighted by Gasteiger charge is 2.36. The number of fused-ring (bicyclic) bond motifs is 1. The van der Waals surface area contributed by atoms with Gasteiger partial charge in [0.1, 0.15) is 12.4 Å². The highest BCUT2D eigenvalue weighted by molar-refractivity contribution is 9.10. The molecule has 4 aromatic carbocycles. The predicted octanol–water partition coefficient (Wildman–Crippen LogP) is 8.08. The van der Waals surface area contributed by atoms with Gasteiger partial charge in [-0.05, 0) is 76.6 Å². The van der Waals surface area contributed by atoms with Gasteiger partial charge in [0, 0.05) is 15.1 Å². The van der Waals surface area contributed by atoms with Crippen LogP contribution in [-0.4, -0.2) is 11.1 Å². The summed E-state index contributed by atoms with van der Waals surface area (Å²) in [5.41, 5.74) is 2.18. The number of hydrogen-bond donors (Lipinski definition) is 0. The molecule has 0 radical (unpaired) electrons. The summed E-state index contributed by atoms with van der Waals surface area (Å²) < 4.78 is 6.96. The Bertz CT molecular complexity index is 1470. The number of hydrogen-bond acceptors (Lipinski definition) is 4. The average Bonchev–Trinajstić information content (AvgIpc) is 3.11. The van der Waals surface area contributed by atoms with Crippen molar-refractivity contribution in [2.24, 2.45) is 0 Å². The molecule has 0 saturated carbocycles. The Morgan fingerprint density at radius 3 is 2.56 bits per heavy atom. The van der Waals surface area contributed by atoms with Crippen molar-refractivity contribution in [3.63, 3.8) is 0 Å². The maximum Gasteiger partial charge on any atom is 0.298 e. The molecule has 0 atom stereocenters. The third kappa shape index (κ3) is 4.75. The van der Waals surface area contributed by atoms with E-state index in [2.05, 4.69) is 40.2 Å². The summed E-state index contributed by atoms with van der Waals surface area (Å²) in [5, 5.41) is 2.41. The zero-order chi connectivity index (χ0) is 23.7. The second-order valence-corrected chi connectivity index (χ2v) is 9.99. The molecule has 0 spiro atoms. The third-order valence-corrected chi connectivity index (χ3v) is 6.92. The fourth-order valence-electron chi connectivity index (χ4n) is 3.70. The highest BCUT2D eigenvalue weighted by Crippen LogP contribution is 2.38. The third-order valence-electron chi connectivity index (χ3n) is 5.33. The first-order chi connectivity index (χ1) is 16.5. The van der Waals surface area contributed by atoms with E-state index in [1.807, 2.05) is 36.4 Å². The second-order valence-electron chi connectivity index (χ2n) is 7.65. The standard InChI is InChI=1S/C27H17BrClNO3S/c28-21-10-11-24(33-16-17-8-9-18-4-1-2-5-19(18)12-17)20(13-21)14-25-26(31)30(27(32)34-25)23-7-3-6-22(29)15-23/h1-15H,16H2/b25-14+. The molecule has 1 fully saturated rings. The maximum absolute atomic E-state index is 13.1. The fraction of sp³-hybridized carbons (Fsp3) is 0.0370. The van der Waals surface area contributed by atoms with E-state index < -0.39 is 5.91 Å². The first-order valence-electron chi connectivity index (χ1n) is 10.4. The number of amides is 2. The SMILES string of the molecule is O=C1S/C(=C/c2cc(Br)ccc2OCc2ccc3ccccc3c2)C(=O)N1c1cccc(Cl)c1. The minimum atomic E-state index is -0.391. The maximum atomic E-state index is 13.1. The van der Waals surface area contributed by atoms with Crippen LogP contribution in [0.15, 0.2) is 94.3 Å². The minimum absolute atomic E-state index is 0.318. The summed E-state index contributed by atoms with van der Waals surface area (Å²) in [6.45, 7) is 0.372. The number of imide groups is 1. The van der Waals surface area contributed by atoms with Crippen molar-refractivity contribution in [1.29, 1.82) is 0 Å². The van der Waals surface area contributed by atoms with Gasteiger partial charge in [0.15, 0.2) is 0 Å². The smallest absolute Gasteiger partial charge is 0.298 e. The number of halogens is 2. The lowest BCUT2D eigenvalue weighted by Crippen LogP contribution is -2.27. The highest BCUT2D eigenvalue weighted by atomic mass is 79.9. The zero-order valence-corrected chi connectivity index (χ0v) is 20.9. The molecular formula is C27H17BrClNO3S. The molecule has 0 N–H and O–H groups in total. The van der Waals surface area contributed by atoms with Crippen LogP contribution >= 0.6 is 39.3 Å². The molecule has 0 bridgehead atoms. The van der Waals surface area contributed by atoms with Gasteiger partial charge in [0.05, 0.1) is 10.6 Å². The van der Waals surface area contributed by atoms with E-state index in [0.29, 0.717) is 33.5 Å². The van der Waals surface area contributed by atoms with Gasteiger partial charge >= 0.3 is 0 Å². The van der Waals surface area contributed by atoms with Crippen LogP contribution < -0.4 is 9.64 Å². The molecule has 1 heterocycles. The van der Waals surface area contributed by atoms with E-state index in [1.54, 1.807) is 30.3 Å². The number of carbonyl (C=O) groups is 2. The van der Waals surface area contributed by atoms with Gasteiger partial charge in [0.2, 0.25) is 0 Å². The van der Waals surface area contributed by atoms with E-state index in [1.165, 1.54) is 5.39 Å². The number of nitrogens with zero attached hydrogens (tertiary/aromatic N) is 1. The van der Waals surface area contributed by atoms with Crippen molar-refractivity contribution < 1.29 is 14.3 Å². The van der Waals surface area contributed by atoms with E-state index in [4.69, 9.17) is 16.3 Å². The van der Waals surface area contributed by atoms with Gasteiger partial charge in [0.25, 0.3) is 11.1 Å². The quantitative estimate of drug-likeness (QED) is 0.236. The van der Waals surface area contributed by atoms with Crippen molar-refractivity contribution in [2.75, 3.05) is 4.90 Å². The van der Waals surface area contributed by atoms with Gasteiger partial charge in [-0.25, -0.2) is 4.90 Å². The van der Waals surface area contributed by atoms with Gasteiger partial charge in [-0.3, -0.25) is 9.59 Å². The molecule has 4 nitrogen and oxygen atoms in total. The van der Waals surface area contributed by atoms with Crippen LogP contribution in [0.3, 0.4) is 0 Å². The molecule has 1 aliphatic heterocycles. The van der Waals surface area contributed by atoms with E-state index in [-0.39, 0.29) is 5.24 Å². The van der Waals surface area contributed by atoms with E-state index in [9.17, 15) is 9.59 Å². The van der Waals surface area contributed by atoms with Crippen molar-refractivity contribution in [3.05, 3.63) is 110 Å². The Morgan fingerprint density at radius 2 is 1.74 bits per heavy atom. The normalized spacial score (nSPS) is 14.9. The Labute approximate surface area is 214 Å². The minimum Gasteiger partial charge on any atom is -0.488 e. The summed E-state index contributed by atoms with van der Waals surface area (Å²) in [7, 11) is 0. The fourth-order valence-corrected chi connectivity index (χ4v) is 5.10. The van der Waals surface area contributed by atoms with Crippen LogP contribution in [-0.2, 0) is 11.4 Å². The molecule has 0 aliphatic carbocycles. The molecule has 1 aliphatic rings. The van der Waals surface area contributed by atoms with Crippen molar-refractivity contribution in [1.82, 2.24) is 0 Å².